The predicted molar refractivity (Wildman–Crippen MR) is 96.3 cm³/mol. The molecule has 0 radical (unpaired) electrons. The fourth-order valence-electron chi connectivity index (χ4n) is 2.51. The molecule has 0 saturated carbocycles. The fourth-order valence-corrected chi connectivity index (χ4v) is 3.60. The SMILES string of the molecule is Cc1[nH]cnc1-c1cccc(NS(=O)(=O)CCc2ccccc2)c1. The van der Waals surface area contributed by atoms with Crippen LogP contribution in [0.15, 0.2) is 60.9 Å². The van der Waals surface area contributed by atoms with Gasteiger partial charge in [0.1, 0.15) is 0 Å². The van der Waals surface area contributed by atoms with Crippen molar-refractivity contribution in [3.63, 3.8) is 0 Å². The first kappa shape index (κ1) is 16.3. The molecular formula is C18H19N3O2S. The van der Waals surface area contributed by atoms with Gasteiger partial charge >= 0.3 is 0 Å². The lowest BCUT2D eigenvalue weighted by Gasteiger charge is -2.09. The standard InChI is InChI=1S/C18H19N3O2S/c1-14-18(20-13-19-14)16-8-5-9-17(12-16)21-24(22,23)11-10-15-6-3-2-4-7-15/h2-9,12-13,21H,10-11H2,1H3,(H,19,20). The minimum atomic E-state index is -3.41. The Hall–Kier alpha value is -2.60. The van der Waals surface area contributed by atoms with Crippen LogP contribution in [0.25, 0.3) is 11.3 Å². The molecule has 1 aromatic heterocycles. The molecule has 0 aliphatic rings. The van der Waals surface area contributed by atoms with Gasteiger partial charge in [-0.3, -0.25) is 4.72 Å². The summed E-state index contributed by atoms with van der Waals surface area (Å²) in [4.78, 5) is 7.29. The number of nitrogens with one attached hydrogen (secondary N) is 2. The zero-order chi connectivity index (χ0) is 17.0. The average Bonchev–Trinajstić information content (AvgIpc) is 3.00. The van der Waals surface area contributed by atoms with Gasteiger partial charge in [0, 0.05) is 16.9 Å². The summed E-state index contributed by atoms with van der Waals surface area (Å²) in [7, 11) is -3.41. The van der Waals surface area contributed by atoms with Crippen molar-refractivity contribution in [3.05, 3.63) is 72.2 Å². The summed E-state index contributed by atoms with van der Waals surface area (Å²) in [5.41, 5.74) is 4.18. The second-order valence-electron chi connectivity index (χ2n) is 5.61. The number of hydrogen-bond acceptors (Lipinski definition) is 3. The van der Waals surface area contributed by atoms with Crippen LogP contribution >= 0.6 is 0 Å². The zero-order valence-corrected chi connectivity index (χ0v) is 14.2. The van der Waals surface area contributed by atoms with E-state index in [0.717, 1.165) is 22.5 Å². The van der Waals surface area contributed by atoms with Crippen molar-refractivity contribution in [3.8, 4) is 11.3 Å². The van der Waals surface area contributed by atoms with Crippen LogP contribution in [0.4, 0.5) is 5.69 Å². The highest BCUT2D eigenvalue weighted by molar-refractivity contribution is 7.92. The maximum Gasteiger partial charge on any atom is 0.233 e. The summed E-state index contributed by atoms with van der Waals surface area (Å²) >= 11 is 0. The highest BCUT2D eigenvalue weighted by Gasteiger charge is 2.12. The van der Waals surface area contributed by atoms with E-state index in [1.807, 2.05) is 49.4 Å². The lowest BCUT2D eigenvalue weighted by atomic mass is 10.1. The van der Waals surface area contributed by atoms with E-state index >= 15 is 0 Å². The van der Waals surface area contributed by atoms with Gasteiger partial charge in [0.2, 0.25) is 10.0 Å². The second kappa shape index (κ2) is 6.88. The highest BCUT2D eigenvalue weighted by atomic mass is 32.2. The highest BCUT2D eigenvalue weighted by Crippen LogP contribution is 2.23. The predicted octanol–water partition coefficient (Wildman–Crippen LogP) is 3.37. The van der Waals surface area contributed by atoms with Gasteiger partial charge in [0.05, 0.1) is 17.8 Å². The first-order valence-corrected chi connectivity index (χ1v) is 9.33. The van der Waals surface area contributed by atoms with Crippen molar-refractivity contribution in [2.75, 3.05) is 10.5 Å². The molecule has 0 spiro atoms. The first-order chi connectivity index (χ1) is 11.5. The Morgan fingerprint density at radius 1 is 1.08 bits per heavy atom. The molecule has 3 rings (SSSR count). The summed E-state index contributed by atoms with van der Waals surface area (Å²) in [6.45, 7) is 1.93. The Kier molecular flexibility index (Phi) is 4.66. The van der Waals surface area contributed by atoms with Gasteiger partial charge in [0.15, 0.2) is 0 Å². The number of aromatic amines is 1. The van der Waals surface area contributed by atoms with E-state index in [4.69, 9.17) is 0 Å². The molecule has 0 bridgehead atoms. The van der Waals surface area contributed by atoms with E-state index in [-0.39, 0.29) is 5.75 Å². The molecule has 124 valence electrons. The molecule has 5 nitrogen and oxygen atoms in total. The smallest absolute Gasteiger partial charge is 0.233 e. The number of aromatic nitrogens is 2. The monoisotopic (exact) mass is 341 g/mol. The van der Waals surface area contributed by atoms with Gasteiger partial charge in [-0.25, -0.2) is 13.4 Å². The largest absolute Gasteiger partial charge is 0.348 e. The van der Waals surface area contributed by atoms with Crippen LogP contribution in [0.3, 0.4) is 0 Å². The zero-order valence-electron chi connectivity index (χ0n) is 13.4. The Balaban J connectivity index is 1.72. The molecule has 0 fully saturated rings. The molecule has 0 atom stereocenters. The molecule has 3 aromatic rings. The van der Waals surface area contributed by atoms with Crippen molar-refractivity contribution in [2.24, 2.45) is 0 Å². The number of benzene rings is 2. The van der Waals surface area contributed by atoms with E-state index in [0.29, 0.717) is 12.1 Å². The number of rotatable bonds is 6. The maximum atomic E-state index is 12.3. The van der Waals surface area contributed by atoms with E-state index < -0.39 is 10.0 Å². The van der Waals surface area contributed by atoms with Gasteiger partial charge in [-0.1, -0.05) is 42.5 Å². The molecule has 24 heavy (non-hydrogen) atoms. The number of nitrogens with zero attached hydrogens (tertiary/aromatic N) is 1. The molecule has 0 saturated heterocycles. The first-order valence-electron chi connectivity index (χ1n) is 7.68. The van der Waals surface area contributed by atoms with Crippen molar-refractivity contribution in [1.29, 1.82) is 0 Å². The molecule has 0 aliphatic heterocycles. The topological polar surface area (TPSA) is 74.8 Å². The molecule has 0 unspecified atom stereocenters. The number of hydrogen-bond donors (Lipinski definition) is 2. The molecule has 2 aromatic carbocycles. The number of sulfonamides is 1. The van der Waals surface area contributed by atoms with Gasteiger partial charge in [-0.05, 0) is 31.0 Å². The summed E-state index contributed by atoms with van der Waals surface area (Å²) in [5.74, 6) is 0.0443. The van der Waals surface area contributed by atoms with Crippen LogP contribution in [0.2, 0.25) is 0 Å². The molecule has 6 heteroatoms. The number of H-pyrrole nitrogens is 1. The normalized spacial score (nSPS) is 11.4. The van der Waals surface area contributed by atoms with Crippen LogP contribution < -0.4 is 4.72 Å². The van der Waals surface area contributed by atoms with Gasteiger partial charge in [0.25, 0.3) is 0 Å². The molecule has 0 aliphatic carbocycles. The van der Waals surface area contributed by atoms with E-state index in [9.17, 15) is 8.42 Å². The summed E-state index contributed by atoms with van der Waals surface area (Å²) < 4.78 is 27.3. The molecule has 0 amide bonds. The molecule has 2 N–H and O–H groups in total. The van der Waals surface area contributed by atoms with E-state index in [1.165, 1.54) is 0 Å². The Morgan fingerprint density at radius 2 is 1.88 bits per heavy atom. The number of imidazole rings is 1. The van der Waals surface area contributed by atoms with Crippen LogP contribution in [0, 0.1) is 6.92 Å². The van der Waals surface area contributed by atoms with Crippen molar-refractivity contribution < 1.29 is 8.42 Å². The second-order valence-corrected chi connectivity index (χ2v) is 7.46. The summed E-state index contributed by atoms with van der Waals surface area (Å²) in [5, 5.41) is 0. The lowest BCUT2D eigenvalue weighted by Crippen LogP contribution is -2.18. The van der Waals surface area contributed by atoms with Gasteiger partial charge < -0.3 is 4.98 Å². The molecule has 1 heterocycles. The third kappa shape index (κ3) is 4.02. The number of anilines is 1. The van der Waals surface area contributed by atoms with Crippen LogP contribution in [-0.4, -0.2) is 24.1 Å². The lowest BCUT2D eigenvalue weighted by molar-refractivity contribution is 0.600. The van der Waals surface area contributed by atoms with Gasteiger partial charge in [-0.2, -0.15) is 0 Å². The van der Waals surface area contributed by atoms with Crippen molar-refractivity contribution in [1.82, 2.24) is 9.97 Å². The van der Waals surface area contributed by atoms with Crippen LogP contribution in [-0.2, 0) is 16.4 Å². The minimum absolute atomic E-state index is 0.0443. The van der Waals surface area contributed by atoms with Gasteiger partial charge in [-0.15, -0.1) is 0 Å². The quantitative estimate of drug-likeness (QED) is 0.722. The van der Waals surface area contributed by atoms with Crippen LogP contribution in [0.1, 0.15) is 11.3 Å². The average molecular weight is 341 g/mol. The maximum absolute atomic E-state index is 12.3. The Bertz CT molecular complexity index is 918. The number of aryl methyl sites for hydroxylation is 2. The minimum Gasteiger partial charge on any atom is -0.348 e. The summed E-state index contributed by atoms with van der Waals surface area (Å²) in [6, 6.07) is 16.8. The summed E-state index contributed by atoms with van der Waals surface area (Å²) in [6.07, 6.45) is 2.11. The Morgan fingerprint density at radius 3 is 2.58 bits per heavy atom. The van der Waals surface area contributed by atoms with E-state index in [2.05, 4.69) is 14.7 Å². The Labute approximate surface area is 141 Å². The third-order valence-electron chi connectivity index (χ3n) is 3.74. The van der Waals surface area contributed by atoms with E-state index in [1.54, 1.807) is 18.5 Å². The molecular weight excluding hydrogens is 322 g/mol. The van der Waals surface area contributed by atoms with Crippen molar-refractivity contribution >= 4 is 15.7 Å². The van der Waals surface area contributed by atoms with Crippen molar-refractivity contribution in [2.45, 2.75) is 13.3 Å². The third-order valence-corrected chi connectivity index (χ3v) is 5.03. The fraction of sp³-hybridized carbons (Fsp3) is 0.167. The van der Waals surface area contributed by atoms with Crippen LogP contribution in [0.5, 0.6) is 0 Å².